The Morgan fingerprint density at radius 3 is 2.00 bits per heavy atom. The largest absolute Gasteiger partial charge is 0.498 e. The summed E-state index contributed by atoms with van der Waals surface area (Å²) in [5.41, 5.74) is 0. The maximum Gasteiger partial charge on any atom is 0.192 e. The molecular formula is C5H4Cl2OS. The van der Waals surface area contributed by atoms with Crippen molar-refractivity contribution in [2.45, 2.75) is 6.92 Å². The van der Waals surface area contributed by atoms with Crippen molar-refractivity contribution in [1.82, 2.24) is 0 Å². The molecule has 0 unspecified atom stereocenters. The van der Waals surface area contributed by atoms with E-state index in [1.807, 2.05) is 0 Å². The van der Waals surface area contributed by atoms with Crippen LogP contribution >= 0.6 is 34.5 Å². The topological polar surface area (TPSA) is 20.2 Å². The molecule has 0 spiro atoms. The number of aromatic hydroxyl groups is 1. The van der Waals surface area contributed by atoms with Gasteiger partial charge in [-0.05, 0) is 6.92 Å². The van der Waals surface area contributed by atoms with Gasteiger partial charge in [-0.25, -0.2) is 0 Å². The summed E-state index contributed by atoms with van der Waals surface area (Å²) in [6.45, 7) is 1.80. The monoisotopic (exact) mass is 182 g/mol. The van der Waals surface area contributed by atoms with Crippen LogP contribution in [0.15, 0.2) is 0 Å². The Balaban J connectivity index is 3.29. The second kappa shape index (κ2) is 2.37. The zero-order chi connectivity index (χ0) is 7.02. The van der Waals surface area contributed by atoms with Gasteiger partial charge in [0.15, 0.2) is 5.06 Å². The third kappa shape index (κ3) is 1.16. The number of hydrogen-bond donors (Lipinski definition) is 1. The van der Waals surface area contributed by atoms with Crippen molar-refractivity contribution >= 4 is 34.5 Å². The molecule has 9 heavy (non-hydrogen) atoms. The molecule has 0 aromatic carbocycles. The normalized spacial score (nSPS) is 10.1. The summed E-state index contributed by atoms with van der Waals surface area (Å²) in [6.07, 6.45) is 0. The number of hydrogen-bond acceptors (Lipinski definition) is 2. The molecular weight excluding hydrogens is 179 g/mol. The van der Waals surface area contributed by atoms with E-state index in [0.29, 0.717) is 5.02 Å². The summed E-state index contributed by atoms with van der Waals surface area (Å²) in [7, 11) is 0. The van der Waals surface area contributed by atoms with Gasteiger partial charge in [0.25, 0.3) is 0 Å². The minimum atomic E-state index is 0.0965. The standard InChI is InChI=1S/C5H4Cl2OS/c1-2-3(6)4(7)5(8)9-2/h8H,1H3. The lowest BCUT2D eigenvalue weighted by molar-refractivity contribution is 0.491. The van der Waals surface area contributed by atoms with Crippen LogP contribution < -0.4 is 0 Å². The summed E-state index contributed by atoms with van der Waals surface area (Å²) in [6, 6.07) is 0. The zero-order valence-electron chi connectivity index (χ0n) is 4.61. The van der Waals surface area contributed by atoms with Gasteiger partial charge in [0.2, 0.25) is 0 Å². The van der Waals surface area contributed by atoms with Crippen LogP contribution in [0.2, 0.25) is 10.0 Å². The average Bonchev–Trinajstić information content (AvgIpc) is 1.98. The van der Waals surface area contributed by atoms with E-state index in [-0.39, 0.29) is 10.1 Å². The highest BCUT2D eigenvalue weighted by molar-refractivity contribution is 7.15. The van der Waals surface area contributed by atoms with Gasteiger partial charge in [0.05, 0.1) is 5.02 Å². The minimum absolute atomic E-state index is 0.0965. The minimum Gasteiger partial charge on any atom is -0.498 e. The molecule has 1 rings (SSSR count). The Hall–Kier alpha value is 0.0800. The molecule has 0 aliphatic heterocycles. The van der Waals surface area contributed by atoms with Gasteiger partial charge in [-0.3, -0.25) is 0 Å². The lowest BCUT2D eigenvalue weighted by Crippen LogP contribution is -1.58. The lowest BCUT2D eigenvalue weighted by Gasteiger charge is -1.82. The molecule has 0 saturated heterocycles. The predicted molar refractivity (Wildman–Crippen MR) is 40.7 cm³/mol. The molecule has 0 saturated carbocycles. The second-order valence-electron chi connectivity index (χ2n) is 1.59. The highest BCUT2D eigenvalue weighted by Crippen LogP contribution is 2.40. The summed E-state index contributed by atoms with van der Waals surface area (Å²) in [5, 5.41) is 9.74. The smallest absolute Gasteiger partial charge is 0.192 e. The number of aryl methyl sites for hydroxylation is 1. The molecule has 0 aliphatic rings. The van der Waals surface area contributed by atoms with Gasteiger partial charge >= 0.3 is 0 Å². The Labute approximate surface area is 66.8 Å². The summed E-state index contributed by atoms with van der Waals surface area (Å²) >= 11 is 12.3. The van der Waals surface area contributed by atoms with Crippen molar-refractivity contribution in [3.63, 3.8) is 0 Å². The van der Waals surface area contributed by atoms with Crippen molar-refractivity contribution in [2.75, 3.05) is 0 Å². The Kier molecular flexibility index (Phi) is 1.89. The Bertz CT molecular complexity index is 209. The van der Waals surface area contributed by atoms with E-state index in [1.165, 1.54) is 11.3 Å². The first-order valence-corrected chi connectivity index (χ1v) is 3.83. The van der Waals surface area contributed by atoms with E-state index < -0.39 is 0 Å². The molecule has 0 amide bonds. The highest BCUT2D eigenvalue weighted by Gasteiger charge is 2.09. The molecule has 4 heteroatoms. The maximum atomic E-state index is 8.92. The third-order valence-electron chi connectivity index (χ3n) is 0.939. The molecule has 50 valence electrons. The first kappa shape index (κ1) is 7.19. The molecule has 1 aromatic rings. The van der Waals surface area contributed by atoms with Crippen LogP contribution in [-0.4, -0.2) is 5.11 Å². The van der Waals surface area contributed by atoms with Gasteiger partial charge in [0.1, 0.15) is 5.02 Å². The van der Waals surface area contributed by atoms with Crippen LogP contribution in [0.5, 0.6) is 5.06 Å². The van der Waals surface area contributed by atoms with Crippen molar-refractivity contribution < 1.29 is 5.11 Å². The number of thiophene rings is 1. The van der Waals surface area contributed by atoms with Crippen LogP contribution in [0.3, 0.4) is 0 Å². The van der Waals surface area contributed by atoms with E-state index in [2.05, 4.69) is 0 Å². The molecule has 0 fully saturated rings. The van der Waals surface area contributed by atoms with E-state index in [0.717, 1.165) is 4.88 Å². The van der Waals surface area contributed by atoms with E-state index in [1.54, 1.807) is 6.92 Å². The van der Waals surface area contributed by atoms with Crippen molar-refractivity contribution in [3.8, 4) is 5.06 Å². The molecule has 0 aliphatic carbocycles. The van der Waals surface area contributed by atoms with Gasteiger partial charge in [-0.15, -0.1) is 11.3 Å². The van der Waals surface area contributed by atoms with Crippen molar-refractivity contribution in [1.29, 1.82) is 0 Å². The predicted octanol–water partition coefficient (Wildman–Crippen LogP) is 3.07. The maximum absolute atomic E-state index is 8.92. The fraction of sp³-hybridized carbons (Fsp3) is 0.200. The lowest BCUT2D eigenvalue weighted by atomic mass is 10.5. The van der Waals surface area contributed by atoms with Gasteiger partial charge in [0, 0.05) is 4.88 Å². The average molecular weight is 183 g/mol. The molecule has 0 bridgehead atoms. The van der Waals surface area contributed by atoms with Crippen LogP contribution in [-0.2, 0) is 0 Å². The summed E-state index contributed by atoms with van der Waals surface area (Å²) < 4.78 is 0. The van der Waals surface area contributed by atoms with Crippen molar-refractivity contribution in [2.24, 2.45) is 0 Å². The van der Waals surface area contributed by atoms with Gasteiger partial charge in [-0.1, -0.05) is 23.2 Å². The molecule has 0 atom stereocenters. The van der Waals surface area contributed by atoms with Crippen LogP contribution in [0.1, 0.15) is 4.88 Å². The first-order chi connectivity index (χ1) is 4.13. The van der Waals surface area contributed by atoms with E-state index >= 15 is 0 Å². The second-order valence-corrected chi connectivity index (χ2v) is 3.55. The first-order valence-electron chi connectivity index (χ1n) is 2.26. The SMILES string of the molecule is Cc1sc(O)c(Cl)c1Cl. The number of rotatable bonds is 0. The zero-order valence-corrected chi connectivity index (χ0v) is 6.94. The third-order valence-corrected chi connectivity index (χ3v) is 3.01. The fourth-order valence-corrected chi connectivity index (χ4v) is 1.73. The Morgan fingerprint density at radius 1 is 1.33 bits per heavy atom. The van der Waals surface area contributed by atoms with Gasteiger partial charge in [-0.2, -0.15) is 0 Å². The van der Waals surface area contributed by atoms with Crippen LogP contribution in [0.4, 0.5) is 0 Å². The van der Waals surface area contributed by atoms with Gasteiger partial charge < -0.3 is 5.11 Å². The van der Waals surface area contributed by atoms with E-state index in [4.69, 9.17) is 28.3 Å². The molecule has 1 N–H and O–H groups in total. The Morgan fingerprint density at radius 2 is 1.89 bits per heavy atom. The van der Waals surface area contributed by atoms with Crippen molar-refractivity contribution in [3.05, 3.63) is 14.9 Å². The quantitative estimate of drug-likeness (QED) is 0.655. The molecule has 1 heterocycles. The number of halogens is 2. The highest BCUT2D eigenvalue weighted by atomic mass is 35.5. The van der Waals surface area contributed by atoms with E-state index in [9.17, 15) is 0 Å². The summed E-state index contributed by atoms with van der Waals surface area (Å²) in [5.74, 6) is 0. The van der Waals surface area contributed by atoms with Crippen LogP contribution in [0, 0.1) is 6.92 Å². The summed E-state index contributed by atoms with van der Waals surface area (Å²) in [4.78, 5) is 0.846. The molecule has 0 radical (unpaired) electrons. The molecule has 1 aromatic heterocycles. The molecule has 1 nitrogen and oxygen atoms in total. The fourth-order valence-electron chi connectivity index (χ4n) is 0.483. The van der Waals surface area contributed by atoms with Crippen LogP contribution in [0.25, 0.3) is 0 Å².